The van der Waals surface area contributed by atoms with E-state index in [1.807, 2.05) is 12.1 Å². The number of fused-ring (bicyclic) bond motifs is 1. The molecule has 204 valence electrons. The summed E-state index contributed by atoms with van der Waals surface area (Å²) in [6, 6.07) is 16.7. The molecular formula is C30H38N8O. The summed E-state index contributed by atoms with van der Waals surface area (Å²) in [6.45, 7) is 12.9. The van der Waals surface area contributed by atoms with Gasteiger partial charge in [0.1, 0.15) is 17.7 Å². The van der Waals surface area contributed by atoms with Crippen molar-refractivity contribution in [2.45, 2.75) is 19.1 Å². The monoisotopic (exact) mass is 526 g/mol. The number of piperazine rings is 2. The highest BCUT2D eigenvalue weighted by Gasteiger charge is 2.30. The van der Waals surface area contributed by atoms with Crippen LogP contribution in [0.15, 0.2) is 48.7 Å². The van der Waals surface area contributed by atoms with E-state index in [2.05, 4.69) is 79.9 Å². The minimum atomic E-state index is 0.126. The van der Waals surface area contributed by atoms with Gasteiger partial charge in [-0.2, -0.15) is 5.26 Å². The Morgan fingerprint density at radius 1 is 0.872 bits per heavy atom. The van der Waals surface area contributed by atoms with E-state index in [1.54, 1.807) is 6.20 Å². The van der Waals surface area contributed by atoms with E-state index in [4.69, 9.17) is 9.72 Å². The van der Waals surface area contributed by atoms with Gasteiger partial charge in [-0.15, -0.1) is 0 Å². The van der Waals surface area contributed by atoms with Gasteiger partial charge in [0.25, 0.3) is 0 Å². The van der Waals surface area contributed by atoms with Crippen molar-refractivity contribution in [3.8, 4) is 6.07 Å². The lowest BCUT2D eigenvalue weighted by Gasteiger charge is -2.42. The molecular weight excluding hydrogens is 488 g/mol. The minimum absolute atomic E-state index is 0.126. The Morgan fingerprint density at radius 2 is 1.59 bits per heavy atom. The second-order valence-electron chi connectivity index (χ2n) is 11.0. The molecule has 0 radical (unpaired) electrons. The molecule has 0 aliphatic carbocycles. The molecule has 0 spiro atoms. The molecule has 39 heavy (non-hydrogen) atoms. The van der Waals surface area contributed by atoms with Gasteiger partial charge in [0.2, 0.25) is 0 Å². The average molecular weight is 527 g/mol. The predicted molar refractivity (Wildman–Crippen MR) is 156 cm³/mol. The second kappa shape index (κ2) is 11.3. The number of pyridine rings is 2. The molecule has 1 aromatic carbocycles. The standard InChI is InChI=1S/C30H38N8O/c1-23-20-38(27-9-8-24(19-31)30-26(27)5-4-10-32-30)22-25(39-23)21-35-13-17-37(18-14-35)29-7-3-6-28(33-29)36-15-11-34(2)12-16-36/h3-10,23,25H,11-18,20-22H2,1-2H3/t23-,25+/m1/s1. The molecule has 3 aromatic rings. The van der Waals surface area contributed by atoms with Crippen molar-refractivity contribution in [2.24, 2.45) is 0 Å². The van der Waals surface area contributed by atoms with Gasteiger partial charge in [-0.3, -0.25) is 9.88 Å². The third kappa shape index (κ3) is 5.64. The number of benzene rings is 1. The first kappa shape index (κ1) is 25.8. The average Bonchev–Trinajstić information content (AvgIpc) is 2.97. The number of hydrogen-bond acceptors (Lipinski definition) is 9. The maximum atomic E-state index is 9.54. The summed E-state index contributed by atoms with van der Waals surface area (Å²) in [4.78, 5) is 21.7. The van der Waals surface area contributed by atoms with Crippen LogP contribution in [0.3, 0.4) is 0 Å². The number of rotatable bonds is 5. The highest BCUT2D eigenvalue weighted by molar-refractivity contribution is 5.95. The highest BCUT2D eigenvalue weighted by Crippen LogP contribution is 2.30. The quantitative estimate of drug-likeness (QED) is 0.499. The van der Waals surface area contributed by atoms with E-state index < -0.39 is 0 Å². The molecule has 3 aliphatic heterocycles. The third-order valence-corrected chi connectivity index (χ3v) is 8.24. The summed E-state index contributed by atoms with van der Waals surface area (Å²) in [5.41, 5.74) is 2.52. The number of nitrogens with zero attached hydrogens (tertiary/aromatic N) is 8. The fraction of sp³-hybridized carbons (Fsp3) is 0.500. The second-order valence-corrected chi connectivity index (χ2v) is 11.0. The largest absolute Gasteiger partial charge is 0.370 e. The Labute approximate surface area is 231 Å². The van der Waals surface area contributed by atoms with Crippen molar-refractivity contribution in [3.05, 3.63) is 54.2 Å². The van der Waals surface area contributed by atoms with Crippen LogP contribution in [-0.2, 0) is 4.74 Å². The summed E-state index contributed by atoms with van der Waals surface area (Å²) in [5, 5.41) is 10.6. The molecule has 3 saturated heterocycles. The Hall–Kier alpha value is -3.45. The van der Waals surface area contributed by atoms with Gasteiger partial charge in [-0.1, -0.05) is 6.07 Å². The molecule has 0 saturated carbocycles. The third-order valence-electron chi connectivity index (χ3n) is 8.24. The van der Waals surface area contributed by atoms with Crippen LogP contribution in [0.4, 0.5) is 17.3 Å². The molecule has 0 unspecified atom stereocenters. The number of anilines is 3. The van der Waals surface area contributed by atoms with Crippen LogP contribution in [0.2, 0.25) is 0 Å². The predicted octanol–water partition coefficient (Wildman–Crippen LogP) is 2.67. The molecule has 6 rings (SSSR count). The van der Waals surface area contributed by atoms with E-state index in [0.29, 0.717) is 5.56 Å². The number of ether oxygens (including phenoxy) is 1. The van der Waals surface area contributed by atoms with Crippen molar-refractivity contribution in [1.29, 1.82) is 5.26 Å². The molecule has 0 N–H and O–H groups in total. The van der Waals surface area contributed by atoms with Gasteiger partial charge in [0.15, 0.2) is 0 Å². The molecule has 2 atom stereocenters. The zero-order valence-corrected chi connectivity index (χ0v) is 23.0. The molecule has 9 nitrogen and oxygen atoms in total. The molecule has 9 heteroatoms. The normalized spacial score (nSPS) is 23.3. The minimum Gasteiger partial charge on any atom is -0.370 e. The summed E-state index contributed by atoms with van der Waals surface area (Å²) in [7, 11) is 2.18. The van der Waals surface area contributed by atoms with Gasteiger partial charge >= 0.3 is 0 Å². The molecule has 5 heterocycles. The summed E-state index contributed by atoms with van der Waals surface area (Å²) in [6.07, 6.45) is 2.02. The smallest absolute Gasteiger partial charge is 0.131 e. The first-order chi connectivity index (χ1) is 19.1. The van der Waals surface area contributed by atoms with E-state index in [-0.39, 0.29) is 12.2 Å². The van der Waals surface area contributed by atoms with Crippen LogP contribution in [0.1, 0.15) is 12.5 Å². The number of likely N-dealkylation sites (N-methyl/N-ethyl adjacent to an activating group) is 1. The molecule has 2 aromatic heterocycles. The lowest BCUT2D eigenvalue weighted by molar-refractivity contribution is -0.0327. The fourth-order valence-electron chi connectivity index (χ4n) is 6.11. The Kier molecular flexibility index (Phi) is 7.51. The first-order valence-corrected chi connectivity index (χ1v) is 14.1. The Morgan fingerprint density at radius 3 is 2.31 bits per heavy atom. The van der Waals surface area contributed by atoms with Crippen molar-refractivity contribution in [1.82, 2.24) is 19.8 Å². The zero-order valence-electron chi connectivity index (χ0n) is 23.0. The maximum Gasteiger partial charge on any atom is 0.131 e. The first-order valence-electron chi connectivity index (χ1n) is 14.1. The number of morpholine rings is 1. The Balaban J connectivity index is 1.08. The van der Waals surface area contributed by atoms with Gasteiger partial charge in [-0.05, 0) is 50.4 Å². The molecule has 3 aliphatic rings. The van der Waals surface area contributed by atoms with Crippen LogP contribution in [0.5, 0.6) is 0 Å². The Bertz CT molecular complexity index is 1330. The van der Waals surface area contributed by atoms with Gasteiger partial charge in [0, 0.05) is 89.3 Å². The summed E-state index contributed by atoms with van der Waals surface area (Å²) >= 11 is 0. The van der Waals surface area contributed by atoms with Gasteiger partial charge in [-0.25, -0.2) is 4.98 Å². The number of aromatic nitrogens is 2. The topological polar surface area (TPSA) is 75.0 Å². The lowest BCUT2D eigenvalue weighted by atomic mass is 10.1. The molecule has 0 bridgehead atoms. The van der Waals surface area contributed by atoms with E-state index >= 15 is 0 Å². The van der Waals surface area contributed by atoms with Crippen LogP contribution in [-0.4, -0.2) is 111 Å². The van der Waals surface area contributed by atoms with Crippen LogP contribution < -0.4 is 14.7 Å². The van der Waals surface area contributed by atoms with Crippen molar-refractivity contribution in [3.63, 3.8) is 0 Å². The highest BCUT2D eigenvalue weighted by atomic mass is 16.5. The van der Waals surface area contributed by atoms with Crippen molar-refractivity contribution < 1.29 is 4.74 Å². The van der Waals surface area contributed by atoms with Gasteiger partial charge in [0.05, 0.1) is 23.3 Å². The fourth-order valence-corrected chi connectivity index (χ4v) is 6.11. The SMILES string of the molecule is C[C@@H]1CN(c2ccc(C#N)c3ncccc23)C[C@H](CN2CCN(c3cccc(N4CCN(C)CC4)n3)CC2)O1. The van der Waals surface area contributed by atoms with Gasteiger partial charge < -0.3 is 24.3 Å². The molecule has 3 fully saturated rings. The summed E-state index contributed by atoms with van der Waals surface area (Å²) < 4.78 is 6.41. The lowest BCUT2D eigenvalue weighted by Crippen LogP contribution is -2.54. The van der Waals surface area contributed by atoms with Crippen LogP contribution in [0.25, 0.3) is 10.9 Å². The van der Waals surface area contributed by atoms with Crippen LogP contribution >= 0.6 is 0 Å². The van der Waals surface area contributed by atoms with Crippen molar-refractivity contribution >= 4 is 28.2 Å². The zero-order chi connectivity index (χ0) is 26.8. The maximum absolute atomic E-state index is 9.54. The number of hydrogen-bond donors (Lipinski definition) is 0. The summed E-state index contributed by atoms with van der Waals surface area (Å²) in [5.74, 6) is 2.18. The molecule has 0 amide bonds. The van der Waals surface area contributed by atoms with Crippen LogP contribution in [0, 0.1) is 11.3 Å². The van der Waals surface area contributed by atoms with E-state index in [0.717, 1.165) is 100 Å². The van der Waals surface area contributed by atoms with Crippen molar-refractivity contribution in [2.75, 3.05) is 93.7 Å². The van der Waals surface area contributed by atoms with E-state index in [1.165, 1.54) is 0 Å². The van der Waals surface area contributed by atoms with E-state index in [9.17, 15) is 5.26 Å². The number of nitriles is 1.